The van der Waals surface area contributed by atoms with Crippen LogP contribution in [0.1, 0.15) is 158 Å². The summed E-state index contributed by atoms with van der Waals surface area (Å²) in [6.07, 6.45) is 0. The monoisotopic (exact) mass is 1260 g/mol. The lowest BCUT2D eigenvalue weighted by Crippen LogP contribution is -2.18. The van der Waals surface area contributed by atoms with Crippen LogP contribution in [0.15, 0.2) is 192 Å². The minimum atomic E-state index is -0.267. The van der Waals surface area contributed by atoms with Crippen LogP contribution in [0.25, 0.3) is 134 Å². The number of aromatic nitrogens is 8. The smallest absolute Gasteiger partial charge is 0.197 e. The zero-order valence-corrected chi connectivity index (χ0v) is 58.7. The van der Waals surface area contributed by atoms with Gasteiger partial charge in [-0.2, -0.15) is 0 Å². The zero-order chi connectivity index (χ0) is 68.1. The van der Waals surface area contributed by atoms with Crippen LogP contribution in [-0.4, -0.2) is 38.9 Å². The Labute approximate surface area is 562 Å². The Morgan fingerprint density at radius 3 is 0.812 bits per heavy atom. The van der Waals surface area contributed by atoms with Crippen molar-refractivity contribution < 1.29 is 0 Å². The van der Waals surface area contributed by atoms with Crippen molar-refractivity contribution in [1.29, 1.82) is 0 Å². The molecule has 5 aromatic heterocycles. The third kappa shape index (κ3) is 11.1. The van der Waals surface area contributed by atoms with Crippen LogP contribution in [0.2, 0.25) is 0 Å². The Bertz CT molecular complexity index is 5090. The van der Waals surface area contributed by atoms with Crippen LogP contribution in [0.4, 0.5) is 0 Å². The summed E-state index contributed by atoms with van der Waals surface area (Å²) in [6, 6.07) is 63.1. The van der Waals surface area contributed by atoms with Gasteiger partial charge in [-0.1, -0.05) is 258 Å². The van der Waals surface area contributed by atoms with Gasteiger partial charge in [0.25, 0.3) is 0 Å². The highest BCUT2D eigenvalue weighted by Gasteiger charge is 2.29. The summed E-state index contributed by atoms with van der Waals surface area (Å²) < 4.78 is 4.35. The van der Waals surface area contributed by atoms with Crippen molar-refractivity contribution in [2.75, 3.05) is 0 Å². The fourth-order valence-electron chi connectivity index (χ4n) is 13.5. The second-order valence-electron chi connectivity index (χ2n) is 32.5. The number of rotatable bonds is 7. The van der Waals surface area contributed by atoms with Gasteiger partial charge in [0.1, 0.15) is 0 Å². The van der Waals surface area contributed by atoms with Gasteiger partial charge in [-0.25, -0.2) is 29.9 Å². The second-order valence-corrected chi connectivity index (χ2v) is 32.5. The third-order valence-electron chi connectivity index (χ3n) is 19.4. The van der Waals surface area contributed by atoms with Crippen molar-refractivity contribution in [2.24, 2.45) is 0 Å². The maximum atomic E-state index is 16.0. The van der Waals surface area contributed by atoms with Gasteiger partial charge >= 0.3 is 0 Å². The largest absolute Gasteiger partial charge is 0.308 e. The van der Waals surface area contributed by atoms with E-state index >= 15 is 9.59 Å². The zero-order valence-electron chi connectivity index (χ0n) is 58.7. The maximum absolute atomic E-state index is 16.0. The van der Waals surface area contributed by atoms with Gasteiger partial charge in [-0.05, 0) is 114 Å². The standard InChI is InChI=1S/C86H84N8O2/c1-81(2,3)53-33-25-49(26-34-53)75-87-76(50-27-35-54(36-28-50)82(4,5)6)90-79(89-75)62-23-19-21-60-61-22-20-24-63(80-91-77(51-29-37-55(38-30-51)83(7,8)9)88-78(92-80)52-31-39-56(40-32-52)84(10,11)12)71(61)93(70(60)62)59-47-66-72-67(48-59)74(96)65-46-58(86(16,17)18)42-44-69(65)94(72)68-43-41-57(85(13,14)15)45-64(68)73(66)95/h19-48H,1-18H3. The minimum absolute atomic E-state index is 0.0787. The molecule has 10 nitrogen and oxygen atoms in total. The SMILES string of the molecule is CC(C)(C)c1ccc(-c2nc(-c3ccc(C(C)(C)C)cc3)nc(-c3cccc4c5cccc(-c6nc(-c7ccc(C(C)(C)C)cc7)nc(-c7ccc(C(C)(C)C)cc7)n6)c5n(-c5cc6c(=O)c7cc(C(C)(C)C)ccc7n7c8ccc(C(C)(C)C)cc8c(=O)c(c5)c67)c34)n2)cc1. The van der Waals surface area contributed by atoms with Gasteiger partial charge in [-0.15, -0.1) is 0 Å². The molecule has 0 radical (unpaired) electrons. The number of pyridine rings is 2. The van der Waals surface area contributed by atoms with Gasteiger partial charge in [0.2, 0.25) is 0 Å². The summed E-state index contributed by atoms with van der Waals surface area (Å²) in [5, 5.41) is 3.72. The summed E-state index contributed by atoms with van der Waals surface area (Å²) in [5.74, 6) is 2.95. The number of hydrogen-bond donors (Lipinski definition) is 0. The fraction of sp³-hybridized carbons (Fsp3) is 0.279. The molecule has 0 N–H and O–H groups in total. The molecular formula is C86H84N8O2. The Morgan fingerprint density at radius 2 is 0.531 bits per heavy atom. The highest BCUT2D eigenvalue weighted by atomic mass is 16.1. The van der Waals surface area contributed by atoms with Gasteiger partial charge in [0, 0.05) is 71.4 Å². The van der Waals surface area contributed by atoms with Crippen molar-refractivity contribution in [2.45, 2.75) is 157 Å². The molecule has 14 rings (SSSR count). The van der Waals surface area contributed by atoms with E-state index in [1.807, 2.05) is 12.1 Å². The molecule has 9 aromatic carbocycles. The molecule has 0 bridgehead atoms. The van der Waals surface area contributed by atoms with Crippen LogP contribution in [-0.2, 0) is 32.5 Å². The van der Waals surface area contributed by atoms with E-state index in [0.29, 0.717) is 78.8 Å². The van der Waals surface area contributed by atoms with Crippen LogP contribution in [0, 0.1) is 0 Å². The Hall–Kier alpha value is -10.1. The molecule has 0 saturated carbocycles. The normalized spacial score (nSPS) is 13.0. The Kier molecular flexibility index (Phi) is 14.7. The average Bonchev–Trinajstić information content (AvgIpc) is 1.16. The molecule has 5 heterocycles. The molecule has 0 fully saturated rings. The third-order valence-corrected chi connectivity index (χ3v) is 19.4. The molecule has 0 aliphatic heterocycles. The van der Waals surface area contributed by atoms with Crippen molar-refractivity contribution in [3.63, 3.8) is 0 Å². The highest BCUT2D eigenvalue weighted by molar-refractivity contribution is 6.18. The van der Waals surface area contributed by atoms with Crippen molar-refractivity contribution in [1.82, 2.24) is 38.9 Å². The van der Waals surface area contributed by atoms with E-state index < -0.39 is 0 Å². The second kappa shape index (κ2) is 22.3. The summed E-state index contributed by atoms with van der Waals surface area (Å²) in [7, 11) is 0. The minimum Gasteiger partial charge on any atom is -0.308 e. The highest BCUT2D eigenvalue weighted by Crippen LogP contribution is 2.44. The number of fused-ring (bicyclic) bond motifs is 7. The summed E-state index contributed by atoms with van der Waals surface area (Å²) >= 11 is 0. The molecule has 0 aliphatic carbocycles. The van der Waals surface area contributed by atoms with E-state index in [1.165, 1.54) is 22.3 Å². The van der Waals surface area contributed by atoms with E-state index in [1.54, 1.807) is 0 Å². The average molecular weight is 1260 g/mol. The molecule has 0 amide bonds. The quantitative estimate of drug-likeness (QED) is 0.114. The first-order valence-electron chi connectivity index (χ1n) is 33.6. The van der Waals surface area contributed by atoms with E-state index in [4.69, 9.17) is 29.9 Å². The molecule has 10 heteroatoms. The maximum Gasteiger partial charge on any atom is 0.197 e. The van der Waals surface area contributed by atoms with E-state index in [-0.39, 0.29) is 43.3 Å². The molecule has 0 atom stereocenters. The van der Waals surface area contributed by atoms with Crippen molar-refractivity contribution in [3.8, 4) is 74.0 Å². The van der Waals surface area contributed by atoms with Crippen molar-refractivity contribution >= 4 is 59.9 Å². The lowest BCUT2D eigenvalue weighted by atomic mass is 9.85. The van der Waals surface area contributed by atoms with E-state index in [9.17, 15) is 0 Å². The van der Waals surface area contributed by atoms with Gasteiger partial charge in [0.05, 0.1) is 27.6 Å². The number of para-hydroxylation sites is 2. The van der Waals surface area contributed by atoms with Crippen LogP contribution >= 0.6 is 0 Å². The van der Waals surface area contributed by atoms with Crippen LogP contribution < -0.4 is 10.9 Å². The molecule has 96 heavy (non-hydrogen) atoms. The molecule has 0 spiro atoms. The lowest BCUT2D eigenvalue weighted by Gasteiger charge is -2.22. The predicted octanol–water partition coefficient (Wildman–Crippen LogP) is 20.8. The van der Waals surface area contributed by atoms with Gasteiger partial charge in [0.15, 0.2) is 45.8 Å². The Balaban J connectivity index is 1.14. The molecule has 0 saturated heterocycles. The van der Waals surface area contributed by atoms with Crippen LogP contribution in [0.3, 0.4) is 0 Å². The molecule has 480 valence electrons. The van der Waals surface area contributed by atoms with Gasteiger partial charge in [-0.3, -0.25) is 9.59 Å². The summed E-state index contributed by atoms with van der Waals surface area (Å²) in [6.45, 7) is 39.6. The number of benzene rings is 9. The van der Waals surface area contributed by atoms with Gasteiger partial charge < -0.3 is 8.97 Å². The van der Waals surface area contributed by atoms with E-state index in [2.05, 4.69) is 303 Å². The van der Waals surface area contributed by atoms with E-state index in [0.717, 1.165) is 66.2 Å². The van der Waals surface area contributed by atoms with Crippen molar-refractivity contribution in [3.05, 3.63) is 236 Å². The topological polar surface area (TPSA) is 121 Å². The van der Waals surface area contributed by atoms with Crippen LogP contribution in [0.5, 0.6) is 0 Å². The molecule has 0 unspecified atom stereocenters. The molecule has 0 aliphatic rings. The number of hydrogen-bond acceptors (Lipinski definition) is 8. The fourth-order valence-corrected chi connectivity index (χ4v) is 13.5. The first kappa shape index (κ1) is 63.3. The predicted molar refractivity (Wildman–Crippen MR) is 400 cm³/mol. The molecule has 14 aromatic rings. The summed E-state index contributed by atoms with van der Waals surface area (Å²) in [5.41, 5.74) is 14.6. The lowest BCUT2D eigenvalue weighted by molar-refractivity contribution is 0.590. The first-order valence-corrected chi connectivity index (χ1v) is 33.6. The number of nitrogens with zero attached hydrogens (tertiary/aromatic N) is 8. The Morgan fingerprint density at radius 1 is 0.260 bits per heavy atom. The molecular weight excluding hydrogens is 1180 g/mol. The first-order chi connectivity index (χ1) is 45.2. The summed E-state index contributed by atoms with van der Waals surface area (Å²) in [4.78, 5) is 64.6.